The van der Waals surface area contributed by atoms with E-state index < -0.39 is 0 Å². The second-order valence-electron chi connectivity index (χ2n) is 9.65. The van der Waals surface area contributed by atoms with E-state index in [0.29, 0.717) is 25.2 Å². The number of rotatable bonds is 9. The van der Waals surface area contributed by atoms with Crippen LogP contribution in [-0.2, 0) is 27.2 Å². The van der Waals surface area contributed by atoms with Crippen molar-refractivity contribution in [2.24, 2.45) is 5.92 Å². The third-order valence-electron chi connectivity index (χ3n) is 7.34. The first-order valence-corrected chi connectivity index (χ1v) is 14.0. The third-order valence-corrected chi connectivity index (χ3v) is 8.06. The van der Waals surface area contributed by atoms with Gasteiger partial charge in [-0.15, -0.1) is 11.8 Å². The van der Waals surface area contributed by atoms with Crippen LogP contribution >= 0.6 is 11.8 Å². The largest absolute Gasteiger partial charge is 0.469 e. The van der Waals surface area contributed by atoms with E-state index in [1.165, 1.54) is 23.1 Å². The van der Waals surface area contributed by atoms with E-state index in [2.05, 4.69) is 48.0 Å². The van der Waals surface area contributed by atoms with Crippen LogP contribution in [0.1, 0.15) is 61.3 Å². The predicted molar refractivity (Wildman–Crippen MR) is 141 cm³/mol. The first kappa shape index (κ1) is 25.5. The van der Waals surface area contributed by atoms with Crippen LogP contribution in [0.4, 0.5) is 5.82 Å². The van der Waals surface area contributed by atoms with Crippen LogP contribution in [0, 0.1) is 5.92 Å². The fourth-order valence-electron chi connectivity index (χ4n) is 5.24. The van der Waals surface area contributed by atoms with E-state index in [9.17, 15) is 9.59 Å². The van der Waals surface area contributed by atoms with Gasteiger partial charge in [0, 0.05) is 36.6 Å². The smallest absolute Gasteiger partial charge is 0.306 e. The molecule has 0 bridgehead atoms. The van der Waals surface area contributed by atoms with Crippen LogP contribution in [0.5, 0.6) is 0 Å². The summed E-state index contributed by atoms with van der Waals surface area (Å²) in [6, 6.07) is 12.7. The van der Waals surface area contributed by atoms with Crippen molar-refractivity contribution >= 4 is 29.5 Å². The van der Waals surface area contributed by atoms with E-state index in [-0.39, 0.29) is 17.8 Å². The zero-order valence-corrected chi connectivity index (χ0v) is 21.7. The minimum atomic E-state index is -0.164. The van der Waals surface area contributed by atoms with Gasteiger partial charge in [0.2, 0.25) is 5.91 Å². The molecule has 1 N–H and O–H groups in total. The normalized spacial score (nSPS) is 16.8. The zero-order valence-electron chi connectivity index (χ0n) is 20.9. The van der Waals surface area contributed by atoms with Gasteiger partial charge in [-0.1, -0.05) is 18.2 Å². The number of ether oxygens (including phenoxy) is 1. The molecule has 7 heteroatoms. The van der Waals surface area contributed by atoms with Crippen LogP contribution in [0.3, 0.4) is 0 Å². The number of aromatic nitrogens is 1. The minimum Gasteiger partial charge on any atom is -0.469 e. The fourth-order valence-corrected chi connectivity index (χ4v) is 5.71. The lowest BCUT2D eigenvalue weighted by molar-refractivity contribution is -0.141. The summed E-state index contributed by atoms with van der Waals surface area (Å²) in [5.41, 5.74) is 3.46. The summed E-state index contributed by atoms with van der Waals surface area (Å²) in [6.45, 7) is 2.55. The molecule has 1 unspecified atom stereocenters. The van der Waals surface area contributed by atoms with Crippen LogP contribution in [0.2, 0.25) is 0 Å². The lowest BCUT2D eigenvalue weighted by Crippen LogP contribution is -2.39. The lowest BCUT2D eigenvalue weighted by atomic mass is 9.82. The summed E-state index contributed by atoms with van der Waals surface area (Å²) in [7, 11) is 1.46. The topological polar surface area (TPSA) is 71.5 Å². The molecule has 35 heavy (non-hydrogen) atoms. The van der Waals surface area contributed by atoms with Crippen molar-refractivity contribution in [2.45, 2.75) is 62.2 Å². The average Bonchev–Trinajstić information content (AvgIpc) is 2.91. The second kappa shape index (κ2) is 12.4. The first-order chi connectivity index (χ1) is 17.1. The van der Waals surface area contributed by atoms with Crippen molar-refractivity contribution in [3.05, 3.63) is 53.2 Å². The van der Waals surface area contributed by atoms with E-state index in [1.807, 2.05) is 4.90 Å². The highest BCUT2D eigenvalue weighted by Gasteiger charge is 2.27. The van der Waals surface area contributed by atoms with Crippen LogP contribution in [0.15, 0.2) is 41.3 Å². The molecule has 1 amide bonds. The maximum atomic E-state index is 12.9. The number of pyridine rings is 1. The number of hydrogen-bond donors (Lipinski definition) is 1. The maximum Gasteiger partial charge on any atom is 0.306 e. The molecule has 3 heterocycles. The van der Waals surface area contributed by atoms with Crippen molar-refractivity contribution in [2.75, 3.05) is 38.3 Å². The van der Waals surface area contributed by atoms with Crippen molar-refractivity contribution in [3.8, 4) is 0 Å². The number of methoxy groups -OCH3 is 1. The Morgan fingerprint density at radius 1 is 1.23 bits per heavy atom. The number of amides is 1. The van der Waals surface area contributed by atoms with Crippen molar-refractivity contribution < 1.29 is 14.3 Å². The van der Waals surface area contributed by atoms with E-state index in [4.69, 9.17) is 9.72 Å². The molecule has 0 saturated carbocycles. The van der Waals surface area contributed by atoms with Gasteiger partial charge in [-0.25, -0.2) is 4.98 Å². The molecular weight excluding hydrogens is 458 g/mol. The number of thioether (sulfide) groups is 1. The highest BCUT2D eigenvalue weighted by atomic mass is 32.2. The summed E-state index contributed by atoms with van der Waals surface area (Å²) in [5, 5.41) is 3.37. The number of hydrogen-bond acceptors (Lipinski definition) is 6. The van der Waals surface area contributed by atoms with Gasteiger partial charge in [0.15, 0.2) is 0 Å². The number of nitrogens with one attached hydrogen (secondary N) is 1. The first-order valence-electron chi connectivity index (χ1n) is 12.8. The van der Waals surface area contributed by atoms with E-state index in [1.54, 1.807) is 11.8 Å². The molecule has 188 valence electrons. The molecule has 1 atom stereocenters. The fraction of sp³-hybridized carbons (Fsp3) is 0.536. The number of likely N-dealkylation sites (tertiary alicyclic amines) is 1. The summed E-state index contributed by atoms with van der Waals surface area (Å²) in [4.78, 5) is 32.9. The van der Waals surface area contributed by atoms with Crippen LogP contribution < -0.4 is 5.32 Å². The molecule has 1 aromatic carbocycles. The average molecular weight is 496 g/mol. The molecule has 2 aliphatic rings. The highest BCUT2D eigenvalue weighted by molar-refractivity contribution is 7.98. The molecule has 1 saturated heterocycles. The minimum absolute atomic E-state index is 0.144. The van der Waals surface area contributed by atoms with Gasteiger partial charge in [-0.2, -0.15) is 0 Å². The third kappa shape index (κ3) is 7.00. The SMILES string of the molecule is COC(=O)CC(CC1CCN(C(=O)CCc2ccc3c(n2)NCCC3)CC1)c1cccc(SC)c1. The lowest BCUT2D eigenvalue weighted by Gasteiger charge is -2.34. The Balaban J connectivity index is 1.28. The Morgan fingerprint density at radius 2 is 2.06 bits per heavy atom. The standard InChI is InChI=1S/C28H37N3O3S/c1-34-27(33)19-23(22-5-3-7-25(18-22)35-2)17-20-12-15-31(16-13-20)26(32)11-10-24-9-8-21-6-4-14-29-28(21)30-24/h3,5,7-9,18,20,23H,4,6,10-17,19H2,1-2H3,(H,29,30). The Labute approximate surface area is 213 Å². The number of esters is 1. The molecule has 2 aromatic rings. The van der Waals surface area contributed by atoms with Gasteiger partial charge in [0.1, 0.15) is 5.82 Å². The molecule has 2 aliphatic heterocycles. The Hall–Kier alpha value is -2.54. The Bertz CT molecular complexity index is 1020. The van der Waals surface area contributed by atoms with Gasteiger partial charge in [0.05, 0.1) is 13.5 Å². The second-order valence-corrected chi connectivity index (χ2v) is 10.5. The van der Waals surface area contributed by atoms with Crippen LogP contribution in [0.25, 0.3) is 0 Å². The molecule has 0 aliphatic carbocycles. The molecular formula is C28H37N3O3S. The number of benzene rings is 1. The van der Waals surface area contributed by atoms with Gasteiger partial charge < -0.3 is 15.0 Å². The Kier molecular flexibility index (Phi) is 9.07. The van der Waals surface area contributed by atoms with Crippen LogP contribution in [-0.4, -0.2) is 54.8 Å². The molecule has 4 rings (SSSR count). The predicted octanol–water partition coefficient (Wildman–Crippen LogP) is 5.07. The van der Waals surface area contributed by atoms with Gasteiger partial charge >= 0.3 is 5.97 Å². The molecule has 1 aromatic heterocycles. The quantitative estimate of drug-likeness (QED) is 0.387. The van der Waals surface area contributed by atoms with Crippen molar-refractivity contribution in [1.29, 1.82) is 0 Å². The van der Waals surface area contributed by atoms with E-state index in [0.717, 1.165) is 63.3 Å². The maximum absolute atomic E-state index is 12.9. The number of nitrogens with zero attached hydrogens (tertiary/aromatic N) is 2. The van der Waals surface area contributed by atoms with Gasteiger partial charge in [-0.05, 0) is 85.9 Å². The number of fused-ring (bicyclic) bond motifs is 1. The molecule has 0 radical (unpaired) electrons. The van der Waals surface area contributed by atoms with Crippen molar-refractivity contribution in [3.63, 3.8) is 0 Å². The molecule has 0 spiro atoms. The number of aryl methyl sites for hydroxylation is 2. The van der Waals surface area contributed by atoms with Gasteiger partial charge in [0.25, 0.3) is 0 Å². The monoisotopic (exact) mass is 495 g/mol. The van der Waals surface area contributed by atoms with Gasteiger partial charge in [-0.3, -0.25) is 9.59 Å². The summed E-state index contributed by atoms with van der Waals surface area (Å²) in [5.74, 6) is 1.69. The summed E-state index contributed by atoms with van der Waals surface area (Å²) in [6.07, 6.45) is 8.78. The zero-order chi connectivity index (χ0) is 24.6. The number of piperidine rings is 1. The number of carbonyl (C=O) groups is 2. The molecule has 1 fully saturated rings. The highest BCUT2D eigenvalue weighted by Crippen LogP contribution is 2.34. The van der Waals surface area contributed by atoms with E-state index >= 15 is 0 Å². The number of carbonyl (C=O) groups excluding carboxylic acids is 2. The summed E-state index contributed by atoms with van der Waals surface area (Å²) < 4.78 is 4.98. The molecule has 6 nitrogen and oxygen atoms in total. The number of anilines is 1. The van der Waals surface area contributed by atoms with Crippen molar-refractivity contribution in [1.82, 2.24) is 9.88 Å². The summed E-state index contributed by atoms with van der Waals surface area (Å²) >= 11 is 1.72. The Morgan fingerprint density at radius 3 is 2.83 bits per heavy atom.